The predicted molar refractivity (Wildman–Crippen MR) is 86.5 cm³/mol. The molecular formula is C16H19ClF3N3O2. The van der Waals surface area contributed by atoms with Crippen molar-refractivity contribution >= 4 is 17.6 Å². The second kappa shape index (κ2) is 6.92. The standard InChI is InChI=1S/C16H19ClF3N3O2/c17-12-2-1-11(13(7-12)25-16(18,19)20)8-22-14(24)23-9-15(10-23)3-5-21-6-4-15/h1-2,7,21H,3-6,8-10H2,(H,22,24). The summed E-state index contributed by atoms with van der Waals surface area (Å²) in [5.41, 5.74) is 0.417. The van der Waals surface area contributed by atoms with Crippen LogP contribution in [0.5, 0.6) is 5.75 Å². The van der Waals surface area contributed by atoms with Crippen LogP contribution in [-0.4, -0.2) is 43.5 Å². The van der Waals surface area contributed by atoms with Gasteiger partial charge in [-0.05, 0) is 38.1 Å². The molecule has 0 unspecified atom stereocenters. The van der Waals surface area contributed by atoms with Crippen molar-refractivity contribution < 1.29 is 22.7 Å². The lowest BCUT2D eigenvalue weighted by Crippen LogP contribution is -2.63. The molecule has 5 nitrogen and oxygen atoms in total. The molecule has 2 amide bonds. The summed E-state index contributed by atoms with van der Waals surface area (Å²) in [4.78, 5) is 13.9. The topological polar surface area (TPSA) is 53.6 Å². The zero-order valence-electron chi connectivity index (χ0n) is 13.5. The molecule has 138 valence electrons. The van der Waals surface area contributed by atoms with Crippen molar-refractivity contribution in [1.29, 1.82) is 0 Å². The quantitative estimate of drug-likeness (QED) is 0.851. The number of rotatable bonds is 3. The van der Waals surface area contributed by atoms with Crippen molar-refractivity contribution in [3.8, 4) is 5.75 Å². The third-order valence-electron chi connectivity index (χ3n) is 4.69. The SMILES string of the molecule is O=C(NCc1ccc(Cl)cc1OC(F)(F)F)N1CC2(CCNCC2)C1. The van der Waals surface area contributed by atoms with Crippen LogP contribution in [0, 0.1) is 5.41 Å². The van der Waals surface area contributed by atoms with Crippen molar-refractivity contribution in [2.45, 2.75) is 25.7 Å². The number of hydrogen-bond donors (Lipinski definition) is 2. The summed E-state index contributed by atoms with van der Waals surface area (Å²) in [6, 6.07) is 3.68. The monoisotopic (exact) mass is 377 g/mol. The van der Waals surface area contributed by atoms with E-state index in [0.717, 1.165) is 32.0 Å². The lowest BCUT2D eigenvalue weighted by Gasteiger charge is -2.52. The van der Waals surface area contributed by atoms with E-state index in [1.54, 1.807) is 4.90 Å². The smallest absolute Gasteiger partial charge is 0.405 e. The van der Waals surface area contributed by atoms with E-state index in [-0.39, 0.29) is 28.6 Å². The summed E-state index contributed by atoms with van der Waals surface area (Å²) in [6.45, 7) is 3.23. The highest BCUT2D eigenvalue weighted by Gasteiger charge is 2.45. The highest BCUT2D eigenvalue weighted by atomic mass is 35.5. The second-order valence-electron chi connectivity index (χ2n) is 6.56. The van der Waals surface area contributed by atoms with E-state index in [1.165, 1.54) is 12.1 Å². The van der Waals surface area contributed by atoms with Gasteiger partial charge >= 0.3 is 12.4 Å². The van der Waals surface area contributed by atoms with Gasteiger partial charge in [-0.3, -0.25) is 0 Å². The number of nitrogens with zero attached hydrogens (tertiary/aromatic N) is 1. The van der Waals surface area contributed by atoms with Crippen LogP contribution in [0.1, 0.15) is 18.4 Å². The number of carbonyl (C=O) groups is 1. The number of halogens is 4. The van der Waals surface area contributed by atoms with E-state index in [0.29, 0.717) is 13.1 Å². The average molecular weight is 378 g/mol. The maximum atomic E-state index is 12.5. The van der Waals surface area contributed by atoms with Gasteiger partial charge in [-0.2, -0.15) is 0 Å². The molecule has 2 N–H and O–H groups in total. The van der Waals surface area contributed by atoms with Gasteiger partial charge in [0, 0.05) is 35.6 Å². The summed E-state index contributed by atoms with van der Waals surface area (Å²) < 4.78 is 41.4. The molecule has 0 bridgehead atoms. The summed E-state index contributed by atoms with van der Waals surface area (Å²) in [5, 5.41) is 6.07. The average Bonchev–Trinajstić information content (AvgIpc) is 2.50. The summed E-state index contributed by atoms with van der Waals surface area (Å²) in [5.74, 6) is -0.404. The first kappa shape index (κ1) is 18.1. The first-order chi connectivity index (χ1) is 11.8. The fraction of sp³-hybridized carbons (Fsp3) is 0.562. The van der Waals surface area contributed by atoms with Crippen molar-refractivity contribution in [1.82, 2.24) is 15.5 Å². The minimum Gasteiger partial charge on any atom is -0.405 e. The third-order valence-corrected chi connectivity index (χ3v) is 4.92. The number of urea groups is 1. The van der Waals surface area contributed by atoms with E-state index in [9.17, 15) is 18.0 Å². The molecule has 1 aromatic carbocycles. The molecule has 0 atom stereocenters. The molecule has 2 saturated heterocycles. The second-order valence-corrected chi connectivity index (χ2v) is 7.00. The molecule has 1 spiro atoms. The molecule has 3 rings (SSSR count). The highest BCUT2D eigenvalue weighted by molar-refractivity contribution is 6.30. The molecule has 9 heteroatoms. The Morgan fingerprint density at radius 3 is 2.64 bits per heavy atom. The molecule has 0 aromatic heterocycles. The van der Waals surface area contributed by atoms with Crippen LogP contribution >= 0.6 is 11.6 Å². The fourth-order valence-electron chi connectivity index (χ4n) is 3.36. The number of ether oxygens (including phenoxy) is 1. The Hall–Kier alpha value is -1.67. The van der Waals surface area contributed by atoms with E-state index >= 15 is 0 Å². The molecule has 1 aromatic rings. The van der Waals surface area contributed by atoms with Crippen molar-refractivity contribution in [3.63, 3.8) is 0 Å². The Labute approximate surface area is 148 Å². The van der Waals surface area contributed by atoms with Crippen molar-refractivity contribution in [2.75, 3.05) is 26.2 Å². The van der Waals surface area contributed by atoms with Gasteiger partial charge in [0.25, 0.3) is 0 Å². The third kappa shape index (κ3) is 4.49. The molecule has 2 fully saturated rings. The Kier molecular flexibility index (Phi) is 5.02. The number of carbonyl (C=O) groups excluding carboxylic acids is 1. The lowest BCUT2D eigenvalue weighted by atomic mass is 9.72. The zero-order chi connectivity index (χ0) is 18.1. The van der Waals surface area contributed by atoms with Crippen LogP contribution in [0.4, 0.5) is 18.0 Å². The largest absolute Gasteiger partial charge is 0.573 e. The summed E-state index contributed by atoms with van der Waals surface area (Å²) in [6.07, 6.45) is -2.74. The number of amides is 2. The normalized spacial score (nSPS) is 19.4. The van der Waals surface area contributed by atoms with Crippen LogP contribution in [0.15, 0.2) is 18.2 Å². The predicted octanol–water partition coefficient (Wildman–Crippen LogP) is 3.13. The molecule has 2 heterocycles. The van der Waals surface area contributed by atoms with Gasteiger partial charge in [-0.15, -0.1) is 13.2 Å². The van der Waals surface area contributed by atoms with Crippen molar-refractivity contribution in [3.05, 3.63) is 28.8 Å². The molecular weight excluding hydrogens is 359 g/mol. The van der Waals surface area contributed by atoms with E-state index in [2.05, 4.69) is 15.4 Å². The van der Waals surface area contributed by atoms with Crippen LogP contribution in [0.2, 0.25) is 5.02 Å². The molecule has 2 aliphatic heterocycles. The maximum absolute atomic E-state index is 12.5. The van der Waals surface area contributed by atoms with Gasteiger partial charge in [0.2, 0.25) is 0 Å². The number of hydrogen-bond acceptors (Lipinski definition) is 3. The summed E-state index contributed by atoms with van der Waals surface area (Å²) >= 11 is 5.72. The van der Waals surface area contributed by atoms with Crippen LogP contribution < -0.4 is 15.4 Å². The minimum atomic E-state index is -4.82. The fourth-order valence-corrected chi connectivity index (χ4v) is 3.52. The Bertz CT molecular complexity index is 640. The zero-order valence-corrected chi connectivity index (χ0v) is 14.2. The van der Waals surface area contributed by atoms with Crippen molar-refractivity contribution in [2.24, 2.45) is 5.41 Å². The highest BCUT2D eigenvalue weighted by Crippen LogP contribution is 2.38. The summed E-state index contributed by atoms with van der Waals surface area (Å²) in [7, 11) is 0. The Morgan fingerprint density at radius 1 is 1.32 bits per heavy atom. The maximum Gasteiger partial charge on any atom is 0.573 e. The van der Waals surface area contributed by atoms with Gasteiger partial charge < -0.3 is 20.3 Å². The lowest BCUT2D eigenvalue weighted by molar-refractivity contribution is -0.274. The van der Waals surface area contributed by atoms with Gasteiger partial charge in [0.05, 0.1) is 0 Å². The van der Waals surface area contributed by atoms with E-state index < -0.39 is 12.1 Å². The first-order valence-corrected chi connectivity index (χ1v) is 8.42. The Morgan fingerprint density at radius 2 is 2.00 bits per heavy atom. The number of likely N-dealkylation sites (tertiary alicyclic amines) is 1. The minimum absolute atomic E-state index is 0.0630. The molecule has 0 saturated carbocycles. The molecule has 2 aliphatic rings. The molecule has 25 heavy (non-hydrogen) atoms. The van der Waals surface area contributed by atoms with Gasteiger partial charge in [-0.1, -0.05) is 17.7 Å². The van der Waals surface area contributed by atoms with Crippen LogP contribution in [-0.2, 0) is 6.54 Å². The number of piperidine rings is 1. The van der Waals surface area contributed by atoms with Gasteiger partial charge in [0.1, 0.15) is 5.75 Å². The van der Waals surface area contributed by atoms with E-state index in [4.69, 9.17) is 11.6 Å². The first-order valence-electron chi connectivity index (χ1n) is 8.04. The van der Waals surface area contributed by atoms with Gasteiger partial charge in [0.15, 0.2) is 0 Å². The number of alkyl halides is 3. The number of nitrogens with one attached hydrogen (secondary N) is 2. The van der Waals surface area contributed by atoms with Crippen LogP contribution in [0.25, 0.3) is 0 Å². The number of benzene rings is 1. The molecule has 0 radical (unpaired) electrons. The Balaban J connectivity index is 1.56. The molecule has 0 aliphatic carbocycles. The van der Waals surface area contributed by atoms with E-state index in [1.807, 2.05) is 0 Å². The van der Waals surface area contributed by atoms with Gasteiger partial charge in [-0.25, -0.2) is 4.79 Å². The van der Waals surface area contributed by atoms with Crippen LogP contribution in [0.3, 0.4) is 0 Å².